The molecule has 0 fully saturated rings. The van der Waals surface area contributed by atoms with E-state index in [1.54, 1.807) is 17.0 Å². The van der Waals surface area contributed by atoms with Crippen LogP contribution in [0.1, 0.15) is 16.7 Å². The van der Waals surface area contributed by atoms with Gasteiger partial charge in [0.25, 0.3) is 5.69 Å². The van der Waals surface area contributed by atoms with E-state index in [9.17, 15) is 14.9 Å². The molecule has 0 aliphatic rings. The number of benzene rings is 3. The van der Waals surface area contributed by atoms with Crippen molar-refractivity contribution in [2.45, 2.75) is 19.9 Å². The topological polar surface area (TPSA) is 76.3 Å². The number of carbonyl (C=O) groups is 1. The summed E-state index contributed by atoms with van der Waals surface area (Å²) < 4.78 is 1.03. The van der Waals surface area contributed by atoms with Crippen LogP contribution in [0.15, 0.2) is 72.8 Å². The third kappa shape index (κ3) is 4.21. The molecule has 0 N–H and O–H groups in total. The summed E-state index contributed by atoms with van der Waals surface area (Å²) in [7, 11) is 0. The normalized spacial score (nSPS) is 10.8. The van der Waals surface area contributed by atoms with Crippen molar-refractivity contribution < 1.29 is 9.72 Å². The van der Waals surface area contributed by atoms with Gasteiger partial charge in [0.15, 0.2) is 5.13 Å². The smallest absolute Gasteiger partial charge is 0.269 e. The third-order valence-electron chi connectivity index (χ3n) is 4.83. The fraction of sp³-hybridized carbons (Fsp3) is 0.130. The standard InChI is InChI=1S/C23H19N3O3S/c1-16-6-5-9-20-22(16)24-23(30-20)25(15-18-7-3-2-4-8-18)21(27)14-17-10-12-19(13-11-17)26(28)29/h2-13H,14-15H2,1H3. The molecule has 1 heterocycles. The minimum Gasteiger partial charge on any atom is -0.283 e. The number of rotatable bonds is 6. The van der Waals surface area contributed by atoms with Gasteiger partial charge in [0, 0.05) is 12.1 Å². The van der Waals surface area contributed by atoms with Crippen LogP contribution in [0.4, 0.5) is 10.8 Å². The third-order valence-corrected chi connectivity index (χ3v) is 5.87. The van der Waals surface area contributed by atoms with E-state index in [1.807, 2.05) is 55.5 Å². The van der Waals surface area contributed by atoms with Crippen molar-refractivity contribution in [3.8, 4) is 0 Å². The molecule has 0 aliphatic carbocycles. The van der Waals surface area contributed by atoms with Crippen molar-refractivity contribution in [1.82, 2.24) is 4.98 Å². The maximum absolute atomic E-state index is 13.3. The number of hydrogen-bond donors (Lipinski definition) is 0. The molecule has 0 radical (unpaired) electrons. The van der Waals surface area contributed by atoms with Crippen LogP contribution < -0.4 is 4.90 Å². The zero-order chi connectivity index (χ0) is 21.1. The van der Waals surface area contributed by atoms with E-state index in [4.69, 9.17) is 4.98 Å². The fourth-order valence-corrected chi connectivity index (χ4v) is 4.28. The number of non-ortho nitro benzene ring substituents is 1. The molecule has 0 atom stereocenters. The second-order valence-electron chi connectivity index (χ2n) is 6.98. The molecule has 7 heteroatoms. The number of carbonyl (C=O) groups excluding carboxylic acids is 1. The molecular formula is C23H19N3O3S. The lowest BCUT2D eigenvalue weighted by atomic mass is 10.1. The van der Waals surface area contributed by atoms with Crippen LogP contribution in [0, 0.1) is 17.0 Å². The lowest BCUT2D eigenvalue weighted by molar-refractivity contribution is -0.384. The Balaban J connectivity index is 1.66. The highest BCUT2D eigenvalue weighted by molar-refractivity contribution is 7.22. The second kappa shape index (κ2) is 8.42. The van der Waals surface area contributed by atoms with Gasteiger partial charge in [-0.2, -0.15) is 0 Å². The van der Waals surface area contributed by atoms with Crippen LogP contribution in [-0.4, -0.2) is 15.8 Å². The number of nitro groups is 1. The first-order chi connectivity index (χ1) is 14.5. The van der Waals surface area contributed by atoms with E-state index < -0.39 is 4.92 Å². The van der Waals surface area contributed by atoms with Gasteiger partial charge in [-0.1, -0.05) is 65.9 Å². The van der Waals surface area contributed by atoms with Gasteiger partial charge in [0.05, 0.1) is 28.1 Å². The molecule has 4 aromatic rings. The van der Waals surface area contributed by atoms with Crippen LogP contribution in [0.25, 0.3) is 10.2 Å². The predicted octanol–water partition coefficient (Wildman–Crippen LogP) is 5.29. The number of thiazole rings is 1. The Hall–Kier alpha value is -3.58. The van der Waals surface area contributed by atoms with Gasteiger partial charge in [-0.05, 0) is 29.7 Å². The van der Waals surface area contributed by atoms with Gasteiger partial charge in [-0.3, -0.25) is 19.8 Å². The van der Waals surface area contributed by atoms with Crippen molar-refractivity contribution >= 4 is 38.3 Å². The van der Waals surface area contributed by atoms with Crippen molar-refractivity contribution in [3.63, 3.8) is 0 Å². The Morgan fingerprint density at radius 3 is 2.40 bits per heavy atom. The molecule has 0 bridgehead atoms. The van der Waals surface area contributed by atoms with Crippen molar-refractivity contribution in [1.29, 1.82) is 0 Å². The van der Waals surface area contributed by atoms with E-state index in [0.29, 0.717) is 11.7 Å². The Morgan fingerprint density at radius 2 is 1.73 bits per heavy atom. The predicted molar refractivity (Wildman–Crippen MR) is 119 cm³/mol. The first-order valence-electron chi connectivity index (χ1n) is 9.45. The van der Waals surface area contributed by atoms with Crippen molar-refractivity contribution in [3.05, 3.63) is 99.6 Å². The molecule has 30 heavy (non-hydrogen) atoms. The van der Waals surface area contributed by atoms with Crippen LogP contribution in [0.5, 0.6) is 0 Å². The summed E-state index contributed by atoms with van der Waals surface area (Å²) in [4.78, 5) is 30.1. The number of aryl methyl sites for hydroxylation is 1. The van der Waals surface area contributed by atoms with Gasteiger partial charge >= 0.3 is 0 Å². The van der Waals surface area contributed by atoms with Crippen LogP contribution in [-0.2, 0) is 17.8 Å². The van der Waals surface area contributed by atoms with Gasteiger partial charge < -0.3 is 0 Å². The Bertz CT molecular complexity index is 1200. The Morgan fingerprint density at radius 1 is 1.00 bits per heavy atom. The van der Waals surface area contributed by atoms with Crippen LogP contribution >= 0.6 is 11.3 Å². The SMILES string of the molecule is Cc1cccc2sc(N(Cc3ccccc3)C(=O)Cc3ccc([N+](=O)[O-])cc3)nc12. The monoisotopic (exact) mass is 417 g/mol. The second-order valence-corrected chi connectivity index (χ2v) is 7.99. The van der Waals surface area contributed by atoms with E-state index in [-0.39, 0.29) is 18.0 Å². The highest BCUT2D eigenvalue weighted by Gasteiger charge is 2.21. The van der Waals surface area contributed by atoms with E-state index in [0.717, 1.165) is 26.9 Å². The maximum Gasteiger partial charge on any atom is 0.269 e. The molecule has 1 amide bonds. The summed E-state index contributed by atoms with van der Waals surface area (Å²) in [6.45, 7) is 2.41. The lowest BCUT2D eigenvalue weighted by Crippen LogP contribution is -2.31. The molecule has 0 unspecified atom stereocenters. The van der Waals surface area contributed by atoms with Gasteiger partial charge in [0.2, 0.25) is 5.91 Å². The summed E-state index contributed by atoms with van der Waals surface area (Å²) in [5, 5.41) is 11.5. The fourth-order valence-electron chi connectivity index (χ4n) is 3.22. The number of anilines is 1. The molecule has 3 aromatic carbocycles. The van der Waals surface area contributed by atoms with Gasteiger partial charge in [-0.15, -0.1) is 0 Å². The Labute approximate surface area is 177 Å². The van der Waals surface area contributed by atoms with E-state index in [2.05, 4.69) is 0 Å². The number of fused-ring (bicyclic) bond motifs is 1. The summed E-state index contributed by atoms with van der Waals surface area (Å²) in [6.07, 6.45) is 0.139. The van der Waals surface area contributed by atoms with Gasteiger partial charge in [0.1, 0.15) is 0 Å². The highest BCUT2D eigenvalue weighted by Crippen LogP contribution is 2.32. The average Bonchev–Trinajstić information content (AvgIpc) is 3.18. The average molecular weight is 417 g/mol. The molecule has 0 spiro atoms. The van der Waals surface area contributed by atoms with Crippen molar-refractivity contribution in [2.24, 2.45) is 0 Å². The number of nitro benzene ring substituents is 1. The first-order valence-corrected chi connectivity index (χ1v) is 10.3. The molecule has 0 saturated heterocycles. The minimum absolute atomic E-state index is 0.00832. The summed E-state index contributed by atoms with van der Waals surface area (Å²) in [6, 6.07) is 21.9. The van der Waals surface area contributed by atoms with E-state index in [1.165, 1.54) is 23.5 Å². The highest BCUT2D eigenvalue weighted by atomic mass is 32.1. The number of amides is 1. The summed E-state index contributed by atoms with van der Waals surface area (Å²) >= 11 is 1.49. The number of para-hydroxylation sites is 1. The summed E-state index contributed by atoms with van der Waals surface area (Å²) in [5.74, 6) is -0.107. The molecule has 150 valence electrons. The Kier molecular flexibility index (Phi) is 5.54. The zero-order valence-corrected chi connectivity index (χ0v) is 17.1. The minimum atomic E-state index is -0.448. The molecule has 1 aromatic heterocycles. The summed E-state index contributed by atoms with van der Waals surface area (Å²) in [5.41, 5.74) is 3.71. The number of aromatic nitrogens is 1. The zero-order valence-electron chi connectivity index (χ0n) is 16.3. The molecule has 4 rings (SSSR count). The van der Waals surface area contributed by atoms with Crippen LogP contribution in [0.3, 0.4) is 0 Å². The quantitative estimate of drug-likeness (QED) is 0.316. The van der Waals surface area contributed by atoms with Crippen LogP contribution in [0.2, 0.25) is 0 Å². The molecular weight excluding hydrogens is 398 g/mol. The maximum atomic E-state index is 13.3. The largest absolute Gasteiger partial charge is 0.283 e. The molecule has 6 nitrogen and oxygen atoms in total. The van der Waals surface area contributed by atoms with Gasteiger partial charge in [-0.25, -0.2) is 4.98 Å². The first kappa shape index (κ1) is 19.7. The lowest BCUT2D eigenvalue weighted by Gasteiger charge is -2.20. The molecule has 0 saturated carbocycles. The van der Waals surface area contributed by atoms with E-state index >= 15 is 0 Å². The molecule has 0 aliphatic heterocycles. The van der Waals surface area contributed by atoms with Crippen molar-refractivity contribution in [2.75, 3.05) is 4.90 Å². The number of hydrogen-bond acceptors (Lipinski definition) is 5. The number of nitrogens with zero attached hydrogens (tertiary/aromatic N) is 3.